The van der Waals surface area contributed by atoms with Crippen LogP contribution >= 0.6 is 11.3 Å². The molecule has 3 heteroatoms. The fourth-order valence-corrected chi connectivity index (χ4v) is 7.59. The summed E-state index contributed by atoms with van der Waals surface area (Å²) in [4.78, 5) is 10.3. The van der Waals surface area contributed by atoms with Gasteiger partial charge in [-0.1, -0.05) is 103 Å². The Hall–Kier alpha value is -4.86. The number of rotatable bonds is 2. The van der Waals surface area contributed by atoms with Crippen molar-refractivity contribution in [2.75, 3.05) is 0 Å². The van der Waals surface area contributed by atoms with Gasteiger partial charge in [-0.25, -0.2) is 9.97 Å². The third kappa shape index (κ3) is 2.91. The summed E-state index contributed by atoms with van der Waals surface area (Å²) in [7, 11) is 0. The van der Waals surface area contributed by atoms with Gasteiger partial charge < -0.3 is 0 Å². The Morgan fingerprint density at radius 3 is 2.13 bits per heavy atom. The lowest BCUT2D eigenvalue weighted by Crippen LogP contribution is -1.95. The fraction of sp³-hybridized carbons (Fsp3) is 0. The van der Waals surface area contributed by atoms with Gasteiger partial charge in [-0.3, -0.25) is 0 Å². The van der Waals surface area contributed by atoms with Crippen molar-refractivity contribution in [3.8, 4) is 22.6 Å². The molecule has 2 nitrogen and oxygen atoms in total. The van der Waals surface area contributed by atoms with Crippen LogP contribution in [-0.2, 0) is 0 Å². The molecule has 0 saturated carbocycles. The minimum atomic E-state index is 0.774. The molecule has 180 valence electrons. The zero-order valence-corrected chi connectivity index (χ0v) is 21.7. The molecule has 0 bridgehead atoms. The number of aromatic nitrogens is 2. The van der Waals surface area contributed by atoms with Crippen molar-refractivity contribution < 1.29 is 0 Å². The largest absolute Gasteiger partial charge is 0.228 e. The molecule has 0 radical (unpaired) electrons. The molecule has 2 aromatic heterocycles. The molecular formula is C36H20N2S. The van der Waals surface area contributed by atoms with Crippen molar-refractivity contribution in [2.45, 2.75) is 0 Å². The van der Waals surface area contributed by atoms with Crippen molar-refractivity contribution >= 4 is 74.7 Å². The molecule has 9 rings (SSSR count). The summed E-state index contributed by atoms with van der Waals surface area (Å²) in [6, 6.07) is 43.3. The smallest absolute Gasteiger partial charge is 0.161 e. The summed E-state index contributed by atoms with van der Waals surface area (Å²) < 4.78 is 2.56. The average molecular weight is 513 g/mol. The van der Waals surface area contributed by atoms with Gasteiger partial charge in [0.05, 0.1) is 11.2 Å². The monoisotopic (exact) mass is 512 g/mol. The van der Waals surface area contributed by atoms with Crippen molar-refractivity contribution in [2.24, 2.45) is 0 Å². The Kier molecular flexibility index (Phi) is 4.24. The normalized spacial score (nSPS) is 12.1. The summed E-state index contributed by atoms with van der Waals surface area (Å²) in [5.41, 5.74) is 4.13. The molecular weight excluding hydrogens is 492 g/mol. The van der Waals surface area contributed by atoms with Crippen LogP contribution in [0, 0.1) is 0 Å². The van der Waals surface area contributed by atoms with Crippen LogP contribution in [0.25, 0.3) is 86.0 Å². The highest BCUT2D eigenvalue weighted by Crippen LogP contribution is 2.49. The van der Waals surface area contributed by atoms with Crippen LogP contribution < -0.4 is 0 Å². The first kappa shape index (κ1) is 21.1. The van der Waals surface area contributed by atoms with Crippen LogP contribution in [0.1, 0.15) is 0 Å². The maximum Gasteiger partial charge on any atom is 0.161 e. The minimum Gasteiger partial charge on any atom is -0.228 e. The Bertz CT molecular complexity index is 2390. The van der Waals surface area contributed by atoms with Gasteiger partial charge in [0.2, 0.25) is 0 Å². The first-order valence-electron chi connectivity index (χ1n) is 13.2. The van der Waals surface area contributed by atoms with Gasteiger partial charge in [-0.05, 0) is 50.5 Å². The Balaban J connectivity index is 1.44. The van der Waals surface area contributed by atoms with Crippen LogP contribution in [0.5, 0.6) is 0 Å². The number of para-hydroxylation sites is 1. The second-order valence-electron chi connectivity index (χ2n) is 10.1. The summed E-state index contributed by atoms with van der Waals surface area (Å²) >= 11 is 1.85. The quantitative estimate of drug-likeness (QED) is 0.215. The average Bonchev–Trinajstić information content (AvgIpc) is 3.40. The lowest BCUT2D eigenvalue weighted by atomic mass is 9.90. The number of fused-ring (bicyclic) bond motifs is 6. The fourth-order valence-electron chi connectivity index (χ4n) is 6.33. The van der Waals surface area contributed by atoms with Gasteiger partial charge in [0, 0.05) is 36.7 Å². The molecule has 7 aromatic carbocycles. The zero-order chi connectivity index (χ0) is 25.5. The first-order chi connectivity index (χ1) is 19.3. The number of hydrogen-bond acceptors (Lipinski definition) is 3. The summed E-state index contributed by atoms with van der Waals surface area (Å²) in [6.07, 6.45) is 0. The van der Waals surface area contributed by atoms with Gasteiger partial charge in [0.15, 0.2) is 5.82 Å². The van der Waals surface area contributed by atoms with Crippen LogP contribution in [0.2, 0.25) is 0 Å². The van der Waals surface area contributed by atoms with Gasteiger partial charge in [-0.2, -0.15) is 0 Å². The van der Waals surface area contributed by atoms with Gasteiger partial charge in [-0.15, -0.1) is 11.3 Å². The standard InChI is InChI=1S/C36H20N2S/c1-2-10-22(11-3-1)34-26-13-6-7-15-29(26)37-36(38-34)28-20-19-27-31-23-12-5-4-9-21(23)17-18-25(31)24-14-8-16-30-32(24)33(27)35(28)39-30/h1-20H. The van der Waals surface area contributed by atoms with E-state index in [1.807, 2.05) is 17.4 Å². The van der Waals surface area contributed by atoms with E-state index in [0.29, 0.717) is 0 Å². The molecule has 0 saturated heterocycles. The van der Waals surface area contributed by atoms with E-state index >= 15 is 0 Å². The van der Waals surface area contributed by atoms with Crippen LogP contribution in [0.3, 0.4) is 0 Å². The van der Waals surface area contributed by atoms with Gasteiger partial charge >= 0.3 is 0 Å². The molecule has 9 aromatic rings. The van der Waals surface area contributed by atoms with E-state index in [-0.39, 0.29) is 0 Å². The lowest BCUT2D eigenvalue weighted by molar-refractivity contribution is 1.24. The molecule has 0 N–H and O–H groups in total. The van der Waals surface area contributed by atoms with Crippen molar-refractivity contribution in [1.82, 2.24) is 9.97 Å². The van der Waals surface area contributed by atoms with Crippen molar-refractivity contribution in [3.05, 3.63) is 121 Å². The number of benzene rings is 7. The second kappa shape index (κ2) is 7.83. The Morgan fingerprint density at radius 1 is 0.462 bits per heavy atom. The van der Waals surface area contributed by atoms with Gasteiger partial charge in [0.25, 0.3) is 0 Å². The molecule has 2 heterocycles. The second-order valence-corrected chi connectivity index (χ2v) is 11.2. The van der Waals surface area contributed by atoms with E-state index in [9.17, 15) is 0 Å². The molecule has 0 spiro atoms. The molecule has 0 aliphatic heterocycles. The predicted molar refractivity (Wildman–Crippen MR) is 167 cm³/mol. The maximum absolute atomic E-state index is 5.22. The summed E-state index contributed by atoms with van der Waals surface area (Å²) in [6.45, 7) is 0. The molecule has 39 heavy (non-hydrogen) atoms. The molecule has 0 fully saturated rings. The molecule has 0 atom stereocenters. The van der Waals surface area contributed by atoms with Crippen molar-refractivity contribution in [1.29, 1.82) is 0 Å². The zero-order valence-electron chi connectivity index (χ0n) is 20.8. The summed E-state index contributed by atoms with van der Waals surface area (Å²) in [5, 5.41) is 11.6. The minimum absolute atomic E-state index is 0.774. The van der Waals surface area contributed by atoms with Crippen LogP contribution in [0.4, 0.5) is 0 Å². The lowest BCUT2D eigenvalue weighted by Gasteiger charge is -2.14. The van der Waals surface area contributed by atoms with E-state index < -0.39 is 0 Å². The Morgan fingerprint density at radius 2 is 1.21 bits per heavy atom. The number of nitrogens with zero attached hydrogens (tertiary/aromatic N) is 2. The highest BCUT2D eigenvalue weighted by Gasteiger charge is 2.21. The third-order valence-corrected chi connectivity index (χ3v) is 9.21. The van der Waals surface area contributed by atoms with E-state index in [0.717, 1.165) is 33.5 Å². The predicted octanol–water partition coefficient (Wildman–Crippen LogP) is 10.2. The van der Waals surface area contributed by atoms with Crippen molar-refractivity contribution in [3.63, 3.8) is 0 Å². The van der Waals surface area contributed by atoms with Gasteiger partial charge in [0.1, 0.15) is 0 Å². The summed E-state index contributed by atoms with van der Waals surface area (Å²) in [5.74, 6) is 0.774. The Labute approximate surface area is 228 Å². The molecule has 0 amide bonds. The molecule has 0 aliphatic carbocycles. The number of thiophene rings is 1. The van der Waals surface area contributed by atoms with E-state index in [4.69, 9.17) is 9.97 Å². The van der Waals surface area contributed by atoms with E-state index in [1.54, 1.807) is 0 Å². The highest BCUT2D eigenvalue weighted by atomic mass is 32.1. The first-order valence-corrected chi connectivity index (χ1v) is 14.0. The van der Waals surface area contributed by atoms with Crippen LogP contribution in [-0.4, -0.2) is 9.97 Å². The number of hydrogen-bond donors (Lipinski definition) is 0. The van der Waals surface area contributed by atoms with E-state index in [2.05, 4.69) is 115 Å². The SMILES string of the molecule is c1ccc(-c2nc(-c3ccc4c5c6ccccc6ccc5c5cccc6sc3c4c65)nc3ccccc23)cc1. The topological polar surface area (TPSA) is 25.8 Å². The highest BCUT2D eigenvalue weighted by molar-refractivity contribution is 7.26. The van der Waals surface area contributed by atoms with Crippen LogP contribution in [0.15, 0.2) is 121 Å². The third-order valence-electron chi connectivity index (χ3n) is 8.03. The molecule has 0 aliphatic rings. The molecule has 0 unspecified atom stereocenters. The maximum atomic E-state index is 5.22. The van der Waals surface area contributed by atoms with E-state index in [1.165, 1.54) is 52.5 Å².